The second-order valence-corrected chi connectivity index (χ2v) is 9.89. The molecule has 6 rings (SSSR count). The van der Waals surface area contributed by atoms with E-state index in [1.54, 1.807) is 0 Å². The topological polar surface area (TPSA) is 71.9 Å². The van der Waals surface area contributed by atoms with E-state index in [1.807, 2.05) is 36.4 Å². The zero-order valence-electron chi connectivity index (χ0n) is 19.8. The van der Waals surface area contributed by atoms with Gasteiger partial charge in [-0.2, -0.15) is 13.2 Å². The first-order valence-corrected chi connectivity index (χ1v) is 12.2. The number of piperidine rings is 1. The molecular weight excluding hydrogens is 485 g/mol. The van der Waals surface area contributed by atoms with Gasteiger partial charge in [0.25, 0.3) is 0 Å². The summed E-state index contributed by atoms with van der Waals surface area (Å²) in [7, 11) is 0. The molecule has 3 aliphatic rings. The lowest BCUT2D eigenvalue weighted by Gasteiger charge is -2.50. The molecule has 2 unspecified atom stereocenters. The van der Waals surface area contributed by atoms with E-state index < -0.39 is 41.2 Å². The van der Waals surface area contributed by atoms with Gasteiger partial charge in [-0.25, -0.2) is 4.79 Å². The third-order valence-electron chi connectivity index (χ3n) is 7.65. The number of hydrogen-bond donors (Lipinski definition) is 1. The van der Waals surface area contributed by atoms with Crippen molar-refractivity contribution in [1.29, 1.82) is 0 Å². The molecule has 0 radical (unpaired) electrons. The molecule has 1 N–H and O–H groups in total. The van der Waals surface area contributed by atoms with Gasteiger partial charge in [0, 0.05) is 25.0 Å². The molecule has 0 saturated carbocycles. The van der Waals surface area contributed by atoms with Crippen LogP contribution in [0.25, 0.3) is 11.1 Å². The van der Waals surface area contributed by atoms with E-state index in [0.29, 0.717) is 0 Å². The number of nitrogens with zero attached hydrogens (tertiary/aromatic N) is 2. The van der Waals surface area contributed by atoms with E-state index in [4.69, 9.17) is 9.47 Å². The number of carbonyl (C=O) groups is 1. The molecular formula is C28H25F3N2O4. The maximum absolute atomic E-state index is 13.7. The Bertz CT molecular complexity index is 1290. The van der Waals surface area contributed by atoms with Gasteiger partial charge in [-0.05, 0) is 34.4 Å². The standard InChI is InChI=1S/C28H25F3N2O4/c29-28(30,31)24-10-5-11-32-25(24)27(35)12-17-14-36-15-18(13-27)33(17)26(34)37-16-23-21-8-3-1-6-19(21)20-7-2-4-9-22(20)23/h1-11,17-18,23,35H,12-16H2. The van der Waals surface area contributed by atoms with Crippen molar-refractivity contribution in [3.05, 3.63) is 89.2 Å². The Kier molecular flexibility index (Phi) is 5.72. The fourth-order valence-corrected chi connectivity index (χ4v) is 6.14. The fraction of sp³-hybridized carbons (Fsp3) is 0.357. The minimum Gasteiger partial charge on any atom is -0.448 e. The van der Waals surface area contributed by atoms with Crippen LogP contribution in [0, 0.1) is 0 Å². The highest BCUT2D eigenvalue weighted by atomic mass is 19.4. The molecule has 1 amide bonds. The van der Waals surface area contributed by atoms with Gasteiger partial charge in [-0.3, -0.25) is 9.88 Å². The highest BCUT2D eigenvalue weighted by Crippen LogP contribution is 2.46. The molecule has 2 atom stereocenters. The van der Waals surface area contributed by atoms with Gasteiger partial charge in [0.2, 0.25) is 0 Å². The number of fused-ring (bicyclic) bond motifs is 5. The van der Waals surface area contributed by atoms with Gasteiger partial charge in [-0.1, -0.05) is 48.5 Å². The smallest absolute Gasteiger partial charge is 0.418 e. The lowest BCUT2D eigenvalue weighted by molar-refractivity contribution is -0.154. The molecule has 9 heteroatoms. The summed E-state index contributed by atoms with van der Waals surface area (Å²) in [5, 5.41) is 11.4. The van der Waals surface area contributed by atoms with Crippen LogP contribution < -0.4 is 0 Å². The predicted octanol–water partition coefficient (Wildman–Crippen LogP) is 5.10. The number of ether oxygens (including phenoxy) is 2. The summed E-state index contributed by atoms with van der Waals surface area (Å²) < 4.78 is 52.4. The van der Waals surface area contributed by atoms with Crippen LogP contribution in [0.15, 0.2) is 66.9 Å². The van der Waals surface area contributed by atoms with Crippen molar-refractivity contribution in [3.8, 4) is 11.1 Å². The van der Waals surface area contributed by atoms with Crippen LogP contribution in [0.5, 0.6) is 0 Å². The first kappa shape index (κ1) is 23.9. The SMILES string of the molecule is O=C(OCC1c2ccccc2-c2ccccc21)N1C2COCC1CC(O)(c1ncccc1C(F)(F)F)C2. The van der Waals surface area contributed by atoms with E-state index in [1.165, 1.54) is 17.2 Å². The van der Waals surface area contributed by atoms with E-state index in [9.17, 15) is 23.1 Å². The van der Waals surface area contributed by atoms with Crippen LogP contribution >= 0.6 is 0 Å². The van der Waals surface area contributed by atoms with Crippen molar-refractivity contribution >= 4 is 6.09 Å². The largest absolute Gasteiger partial charge is 0.448 e. The number of hydrogen-bond acceptors (Lipinski definition) is 5. The molecule has 2 saturated heterocycles. The van der Waals surface area contributed by atoms with Gasteiger partial charge in [-0.15, -0.1) is 0 Å². The average molecular weight is 511 g/mol. The Labute approximate surface area is 211 Å². The van der Waals surface area contributed by atoms with Gasteiger partial charge in [0.15, 0.2) is 0 Å². The number of halogens is 3. The average Bonchev–Trinajstić information content (AvgIpc) is 3.20. The van der Waals surface area contributed by atoms with Crippen molar-refractivity contribution in [1.82, 2.24) is 9.88 Å². The first-order chi connectivity index (χ1) is 17.8. The molecule has 6 nitrogen and oxygen atoms in total. The number of pyridine rings is 1. The minimum atomic E-state index is -4.66. The summed E-state index contributed by atoms with van der Waals surface area (Å²) in [4.78, 5) is 18.8. The predicted molar refractivity (Wildman–Crippen MR) is 128 cm³/mol. The van der Waals surface area contributed by atoms with E-state index in [-0.39, 0.29) is 38.6 Å². The molecule has 1 aromatic heterocycles. The Balaban J connectivity index is 1.22. The molecule has 192 valence electrons. The van der Waals surface area contributed by atoms with Gasteiger partial charge in [0.1, 0.15) is 12.2 Å². The van der Waals surface area contributed by atoms with Crippen molar-refractivity contribution in [3.63, 3.8) is 0 Å². The summed E-state index contributed by atoms with van der Waals surface area (Å²) in [5.41, 5.74) is 1.18. The van der Waals surface area contributed by atoms with Crippen LogP contribution in [0.2, 0.25) is 0 Å². The molecule has 1 aliphatic carbocycles. The number of alkyl halides is 3. The minimum absolute atomic E-state index is 0.0944. The second-order valence-electron chi connectivity index (χ2n) is 9.89. The summed E-state index contributed by atoms with van der Waals surface area (Å²) >= 11 is 0. The van der Waals surface area contributed by atoms with E-state index in [0.717, 1.165) is 28.3 Å². The molecule has 2 aliphatic heterocycles. The summed E-state index contributed by atoms with van der Waals surface area (Å²) in [6.45, 7) is 0.320. The monoisotopic (exact) mass is 510 g/mol. The van der Waals surface area contributed by atoms with Crippen LogP contribution in [0.1, 0.15) is 41.1 Å². The number of aliphatic hydroxyl groups is 1. The summed E-state index contributed by atoms with van der Waals surface area (Å²) in [5.74, 6) is -0.114. The number of benzene rings is 2. The van der Waals surface area contributed by atoms with Gasteiger partial charge < -0.3 is 14.6 Å². The third-order valence-corrected chi connectivity index (χ3v) is 7.65. The van der Waals surface area contributed by atoms with Crippen LogP contribution in [-0.4, -0.2) is 53.0 Å². The number of aromatic nitrogens is 1. The molecule has 37 heavy (non-hydrogen) atoms. The van der Waals surface area contributed by atoms with Gasteiger partial charge in [0.05, 0.1) is 36.6 Å². The van der Waals surface area contributed by atoms with Crippen molar-refractivity contribution in [2.75, 3.05) is 19.8 Å². The van der Waals surface area contributed by atoms with Crippen molar-refractivity contribution < 1.29 is 32.5 Å². The molecule has 2 bridgehead atoms. The Morgan fingerprint density at radius 2 is 1.59 bits per heavy atom. The highest BCUT2D eigenvalue weighted by molar-refractivity contribution is 5.79. The van der Waals surface area contributed by atoms with Gasteiger partial charge >= 0.3 is 12.3 Å². The number of carbonyl (C=O) groups excluding carboxylic acids is 1. The summed E-state index contributed by atoms with van der Waals surface area (Å²) in [6.07, 6.45) is -4.23. The lowest BCUT2D eigenvalue weighted by Crippen LogP contribution is -2.63. The lowest BCUT2D eigenvalue weighted by atomic mass is 9.77. The van der Waals surface area contributed by atoms with Crippen LogP contribution in [-0.2, 0) is 21.3 Å². The van der Waals surface area contributed by atoms with E-state index >= 15 is 0 Å². The molecule has 3 aromatic rings. The van der Waals surface area contributed by atoms with E-state index in [2.05, 4.69) is 17.1 Å². The maximum atomic E-state index is 13.7. The molecule has 3 heterocycles. The highest BCUT2D eigenvalue weighted by Gasteiger charge is 2.52. The summed E-state index contributed by atoms with van der Waals surface area (Å²) in [6, 6.07) is 16.9. The molecule has 2 aromatic carbocycles. The number of morpholine rings is 1. The third kappa shape index (κ3) is 4.06. The van der Waals surface area contributed by atoms with Crippen molar-refractivity contribution in [2.24, 2.45) is 0 Å². The maximum Gasteiger partial charge on any atom is 0.418 e. The zero-order chi connectivity index (χ0) is 25.8. The second kappa shape index (κ2) is 8.85. The Morgan fingerprint density at radius 3 is 2.19 bits per heavy atom. The fourth-order valence-electron chi connectivity index (χ4n) is 6.14. The molecule has 2 fully saturated rings. The number of rotatable bonds is 3. The zero-order valence-corrected chi connectivity index (χ0v) is 19.8. The Morgan fingerprint density at radius 1 is 1.00 bits per heavy atom. The quantitative estimate of drug-likeness (QED) is 0.531. The Hall–Kier alpha value is -3.43. The van der Waals surface area contributed by atoms with Crippen LogP contribution in [0.4, 0.5) is 18.0 Å². The van der Waals surface area contributed by atoms with Crippen molar-refractivity contribution in [2.45, 2.75) is 42.6 Å². The molecule has 0 spiro atoms. The van der Waals surface area contributed by atoms with Crippen LogP contribution in [0.3, 0.4) is 0 Å². The normalized spacial score (nSPS) is 24.9. The number of amides is 1. The first-order valence-electron chi connectivity index (χ1n) is 12.2.